The van der Waals surface area contributed by atoms with Gasteiger partial charge in [-0.1, -0.05) is 0 Å². The number of aromatic nitrogens is 3. The first kappa shape index (κ1) is 15.6. The molecule has 1 aliphatic rings. The van der Waals surface area contributed by atoms with Gasteiger partial charge in [0, 0.05) is 25.8 Å². The zero-order chi connectivity index (χ0) is 16.4. The molecule has 0 spiro atoms. The second-order valence-electron chi connectivity index (χ2n) is 6.92. The summed E-state index contributed by atoms with van der Waals surface area (Å²) in [6.07, 6.45) is 2.40. The highest BCUT2D eigenvalue weighted by Crippen LogP contribution is 2.23. The van der Waals surface area contributed by atoms with E-state index in [1.54, 1.807) is 6.20 Å². The summed E-state index contributed by atoms with van der Waals surface area (Å²) in [7, 11) is 0. The number of pyridine rings is 1. The second-order valence-corrected chi connectivity index (χ2v) is 6.92. The number of carbonyl (C=O) groups excluding carboxylic acids is 1. The van der Waals surface area contributed by atoms with E-state index in [0.29, 0.717) is 12.5 Å². The molecular formula is C16H23N5O2. The number of ether oxygens (including phenoxy) is 1. The number of fused-ring (bicyclic) bond motifs is 1. The normalized spacial score (nSPS) is 18.4. The largest absolute Gasteiger partial charge is 0.444 e. The monoisotopic (exact) mass is 317 g/mol. The fourth-order valence-electron chi connectivity index (χ4n) is 2.72. The summed E-state index contributed by atoms with van der Waals surface area (Å²) in [5.74, 6) is 1.24. The molecule has 2 aromatic heterocycles. The molecule has 0 saturated carbocycles. The Kier molecular flexibility index (Phi) is 4.11. The lowest BCUT2D eigenvalue weighted by Gasteiger charge is -2.20. The predicted octanol–water partition coefficient (Wildman–Crippen LogP) is 2.31. The van der Waals surface area contributed by atoms with Crippen LogP contribution in [0, 0.1) is 5.92 Å². The van der Waals surface area contributed by atoms with E-state index in [1.165, 1.54) is 0 Å². The molecule has 2 N–H and O–H groups in total. The number of aromatic amines is 1. The summed E-state index contributed by atoms with van der Waals surface area (Å²) in [4.78, 5) is 26.0. The molecule has 1 saturated heterocycles. The van der Waals surface area contributed by atoms with Gasteiger partial charge in [-0.25, -0.2) is 9.78 Å². The number of carbonyl (C=O) groups is 1. The van der Waals surface area contributed by atoms with Crippen LogP contribution in [0.2, 0.25) is 0 Å². The molecule has 0 bridgehead atoms. The van der Waals surface area contributed by atoms with Gasteiger partial charge in [0.05, 0.1) is 5.52 Å². The van der Waals surface area contributed by atoms with E-state index in [4.69, 9.17) is 4.74 Å². The van der Waals surface area contributed by atoms with E-state index >= 15 is 0 Å². The molecule has 0 radical (unpaired) electrons. The van der Waals surface area contributed by atoms with Gasteiger partial charge < -0.3 is 19.9 Å². The van der Waals surface area contributed by atoms with Crippen LogP contribution in [0.15, 0.2) is 18.3 Å². The van der Waals surface area contributed by atoms with Gasteiger partial charge in [-0.05, 0) is 45.2 Å². The molecule has 7 nitrogen and oxygen atoms in total. The second kappa shape index (κ2) is 6.06. The summed E-state index contributed by atoms with van der Waals surface area (Å²) < 4.78 is 5.26. The average molecular weight is 317 g/mol. The van der Waals surface area contributed by atoms with Crippen LogP contribution in [-0.2, 0) is 4.74 Å². The number of anilines is 1. The van der Waals surface area contributed by atoms with Gasteiger partial charge in [0.2, 0.25) is 5.95 Å². The van der Waals surface area contributed by atoms with Crippen molar-refractivity contribution < 1.29 is 9.53 Å². The quantitative estimate of drug-likeness (QED) is 0.907. The molecule has 1 amide bonds. The third kappa shape index (κ3) is 3.91. The van der Waals surface area contributed by atoms with E-state index in [2.05, 4.69) is 25.2 Å². The Labute approximate surface area is 135 Å². The van der Waals surface area contributed by atoms with Crippen LogP contribution in [0.5, 0.6) is 0 Å². The lowest BCUT2D eigenvalue weighted by molar-refractivity contribution is 0.0520. The smallest absolute Gasteiger partial charge is 0.407 e. The number of nitrogens with zero attached hydrogens (tertiary/aromatic N) is 3. The SMILES string of the molecule is CC(C)(C)OC(=O)NCC1CCN(c2nc3ncccc3[nH]2)C1. The molecule has 0 aliphatic carbocycles. The molecule has 1 fully saturated rings. The Morgan fingerprint density at radius 2 is 2.35 bits per heavy atom. The minimum absolute atomic E-state index is 0.358. The van der Waals surface area contributed by atoms with Crippen molar-refractivity contribution in [2.45, 2.75) is 32.8 Å². The topological polar surface area (TPSA) is 83.1 Å². The highest BCUT2D eigenvalue weighted by Gasteiger charge is 2.26. The number of nitrogens with one attached hydrogen (secondary N) is 2. The number of imidazole rings is 1. The maximum atomic E-state index is 11.7. The molecule has 1 aliphatic heterocycles. The van der Waals surface area contributed by atoms with Crippen molar-refractivity contribution in [2.24, 2.45) is 5.92 Å². The summed E-state index contributed by atoms with van der Waals surface area (Å²) in [5, 5.41) is 2.85. The zero-order valence-corrected chi connectivity index (χ0v) is 13.8. The molecule has 124 valence electrons. The van der Waals surface area contributed by atoms with Gasteiger partial charge in [0.25, 0.3) is 0 Å². The standard InChI is InChI=1S/C16H23N5O2/c1-16(2,3)23-15(22)18-9-11-6-8-21(10-11)14-19-12-5-4-7-17-13(12)20-14/h4-5,7,11H,6,8-10H2,1-3H3,(H,18,22)(H,17,19,20). The minimum atomic E-state index is -0.465. The molecule has 3 heterocycles. The van der Waals surface area contributed by atoms with Crippen molar-refractivity contribution in [1.29, 1.82) is 0 Å². The number of hydrogen-bond acceptors (Lipinski definition) is 5. The van der Waals surface area contributed by atoms with E-state index in [1.807, 2.05) is 32.9 Å². The third-order valence-corrected chi connectivity index (χ3v) is 3.76. The van der Waals surface area contributed by atoms with Crippen LogP contribution in [0.4, 0.5) is 10.7 Å². The number of amides is 1. The molecule has 23 heavy (non-hydrogen) atoms. The van der Waals surface area contributed by atoms with Gasteiger partial charge in [0.1, 0.15) is 5.60 Å². The number of hydrogen-bond donors (Lipinski definition) is 2. The van der Waals surface area contributed by atoms with Crippen molar-refractivity contribution in [3.8, 4) is 0 Å². The highest BCUT2D eigenvalue weighted by atomic mass is 16.6. The van der Waals surface area contributed by atoms with Crippen LogP contribution in [-0.4, -0.2) is 46.3 Å². The molecule has 2 aromatic rings. The van der Waals surface area contributed by atoms with Crippen molar-refractivity contribution in [3.05, 3.63) is 18.3 Å². The van der Waals surface area contributed by atoms with E-state index in [-0.39, 0.29) is 6.09 Å². The molecular weight excluding hydrogens is 294 g/mol. The van der Waals surface area contributed by atoms with Gasteiger partial charge in [-0.2, -0.15) is 4.98 Å². The van der Waals surface area contributed by atoms with Crippen LogP contribution in [0.3, 0.4) is 0 Å². The van der Waals surface area contributed by atoms with E-state index in [9.17, 15) is 4.79 Å². The maximum Gasteiger partial charge on any atom is 0.407 e. The Balaban J connectivity index is 1.53. The zero-order valence-electron chi connectivity index (χ0n) is 13.8. The summed E-state index contributed by atoms with van der Waals surface area (Å²) in [6.45, 7) is 7.97. The van der Waals surface area contributed by atoms with Gasteiger partial charge in [0.15, 0.2) is 5.65 Å². The van der Waals surface area contributed by atoms with E-state index < -0.39 is 5.60 Å². The van der Waals surface area contributed by atoms with Crippen molar-refractivity contribution in [2.75, 3.05) is 24.5 Å². The lowest BCUT2D eigenvalue weighted by atomic mass is 10.1. The summed E-state index contributed by atoms with van der Waals surface area (Å²) in [5.41, 5.74) is 1.21. The highest BCUT2D eigenvalue weighted by molar-refractivity contribution is 5.73. The van der Waals surface area contributed by atoms with Crippen LogP contribution in [0.1, 0.15) is 27.2 Å². The average Bonchev–Trinajstić information content (AvgIpc) is 3.09. The van der Waals surface area contributed by atoms with Crippen LogP contribution < -0.4 is 10.2 Å². The van der Waals surface area contributed by atoms with Crippen molar-refractivity contribution >= 4 is 23.2 Å². The minimum Gasteiger partial charge on any atom is -0.444 e. The molecule has 1 unspecified atom stereocenters. The van der Waals surface area contributed by atoms with Crippen LogP contribution in [0.25, 0.3) is 11.2 Å². The Morgan fingerprint density at radius 3 is 3.09 bits per heavy atom. The van der Waals surface area contributed by atoms with Crippen molar-refractivity contribution in [3.63, 3.8) is 0 Å². The Morgan fingerprint density at radius 1 is 1.52 bits per heavy atom. The molecule has 0 aromatic carbocycles. The number of alkyl carbamates (subject to hydrolysis) is 1. The summed E-state index contributed by atoms with van der Waals surface area (Å²) >= 11 is 0. The summed E-state index contributed by atoms with van der Waals surface area (Å²) in [6, 6.07) is 3.86. The fourth-order valence-corrected chi connectivity index (χ4v) is 2.72. The molecule has 3 rings (SSSR count). The third-order valence-electron chi connectivity index (χ3n) is 3.76. The van der Waals surface area contributed by atoms with E-state index in [0.717, 1.165) is 36.6 Å². The van der Waals surface area contributed by atoms with Crippen LogP contribution >= 0.6 is 0 Å². The lowest BCUT2D eigenvalue weighted by Crippen LogP contribution is -2.36. The Bertz CT molecular complexity index is 658. The number of rotatable bonds is 3. The van der Waals surface area contributed by atoms with Gasteiger partial charge in [-0.15, -0.1) is 0 Å². The molecule has 7 heteroatoms. The first-order chi connectivity index (χ1) is 10.9. The molecule has 1 atom stereocenters. The number of H-pyrrole nitrogens is 1. The fraction of sp³-hybridized carbons (Fsp3) is 0.562. The maximum absolute atomic E-state index is 11.7. The Hall–Kier alpha value is -2.31. The predicted molar refractivity (Wildman–Crippen MR) is 88.4 cm³/mol. The van der Waals surface area contributed by atoms with Gasteiger partial charge in [-0.3, -0.25) is 0 Å². The first-order valence-corrected chi connectivity index (χ1v) is 7.93. The van der Waals surface area contributed by atoms with Crippen molar-refractivity contribution in [1.82, 2.24) is 20.3 Å². The van der Waals surface area contributed by atoms with Gasteiger partial charge >= 0.3 is 6.09 Å². The first-order valence-electron chi connectivity index (χ1n) is 7.93.